The molecule has 5 nitrogen and oxygen atoms in total. The number of nitrogens with two attached hydrogens (primary N) is 1. The molecule has 2 N–H and O–H groups in total. The number of hydrogen-bond acceptors (Lipinski definition) is 6. The van der Waals surface area contributed by atoms with Gasteiger partial charge < -0.3 is 15.0 Å². The van der Waals surface area contributed by atoms with Crippen molar-refractivity contribution in [1.82, 2.24) is 10.1 Å². The number of ether oxygens (including phenoxy) is 1. The van der Waals surface area contributed by atoms with Crippen molar-refractivity contribution in [2.45, 2.75) is 44.1 Å². The highest BCUT2D eigenvalue weighted by Crippen LogP contribution is 2.20. The van der Waals surface area contributed by atoms with E-state index < -0.39 is 5.54 Å². The van der Waals surface area contributed by atoms with Crippen LogP contribution in [0.4, 0.5) is 0 Å². The third kappa shape index (κ3) is 3.69. The summed E-state index contributed by atoms with van der Waals surface area (Å²) in [5.41, 5.74) is 5.35. The predicted molar refractivity (Wildman–Crippen MR) is 66.6 cm³/mol. The zero-order valence-corrected chi connectivity index (χ0v) is 11.1. The molecule has 0 radical (unpaired) electrons. The molecule has 1 fully saturated rings. The van der Waals surface area contributed by atoms with E-state index in [9.17, 15) is 0 Å². The summed E-state index contributed by atoms with van der Waals surface area (Å²) >= 11 is 1.77. The predicted octanol–water partition coefficient (Wildman–Crippen LogP) is 1.68. The van der Waals surface area contributed by atoms with E-state index in [1.165, 1.54) is 6.42 Å². The fourth-order valence-electron chi connectivity index (χ4n) is 1.63. The van der Waals surface area contributed by atoms with Gasteiger partial charge in [-0.1, -0.05) is 5.16 Å². The first-order valence-electron chi connectivity index (χ1n) is 5.87. The molecule has 1 aliphatic rings. The Kier molecular flexibility index (Phi) is 4.06. The molecular formula is C11H19N3O2S. The summed E-state index contributed by atoms with van der Waals surface area (Å²) in [4.78, 5) is 4.28. The Hall–Kier alpha value is -0.590. The molecule has 0 spiro atoms. The molecule has 0 saturated carbocycles. The van der Waals surface area contributed by atoms with E-state index in [-0.39, 0.29) is 0 Å². The Morgan fingerprint density at radius 2 is 2.35 bits per heavy atom. The summed E-state index contributed by atoms with van der Waals surface area (Å²) < 4.78 is 10.7. The third-order valence-corrected chi connectivity index (χ3v) is 3.66. The molecule has 1 saturated heterocycles. The topological polar surface area (TPSA) is 74.2 Å². The maximum atomic E-state index is 5.89. The van der Waals surface area contributed by atoms with Crippen molar-refractivity contribution in [1.29, 1.82) is 0 Å². The van der Waals surface area contributed by atoms with E-state index in [2.05, 4.69) is 10.1 Å². The Balaban J connectivity index is 1.77. The summed E-state index contributed by atoms with van der Waals surface area (Å²) in [6.45, 7) is 4.62. The normalized spacial score (nSPS) is 21.0. The molecule has 1 aromatic rings. The highest BCUT2D eigenvalue weighted by molar-refractivity contribution is 7.98. The lowest BCUT2D eigenvalue weighted by molar-refractivity contribution is 0.129. The minimum atomic E-state index is -0.541. The Morgan fingerprint density at radius 1 is 1.53 bits per heavy atom. The van der Waals surface area contributed by atoms with Crippen molar-refractivity contribution in [3.63, 3.8) is 0 Å². The highest BCUT2D eigenvalue weighted by atomic mass is 32.2. The largest absolute Gasteiger partial charge is 0.377 e. The molecule has 0 aromatic carbocycles. The maximum Gasteiger partial charge on any atom is 0.236 e. The van der Waals surface area contributed by atoms with Crippen LogP contribution in [0.3, 0.4) is 0 Å². The summed E-state index contributed by atoms with van der Waals surface area (Å²) in [6, 6.07) is 0. The molecule has 2 heterocycles. The van der Waals surface area contributed by atoms with E-state index in [4.69, 9.17) is 15.0 Å². The van der Waals surface area contributed by atoms with Crippen molar-refractivity contribution >= 4 is 11.8 Å². The molecule has 6 heteroatoms. The van der Waals surface area contributed by atoms with E-state index in [1.54, 1.807) is 11.8 Å². The lowest BCUT2D eigenvalue weighted by atomic mass is 10.1. The lowest BCUT2D eigenvalue weighted by Crippen LogP contribution is -2.30. The number of rotatable bonds is 5. The van der Waals surface area contributed by atoms with Gasteiger partial charge in [-0.2, -0.15) is 4.98 Å². The van der Waals surface area contributed by atoms with Crippen LogP contribution in [0.25, 0.3) is 0 Å². The van der Waals surface area contributed by atoms with Crippen molar-refractivity contribution in [3.8, 4) is 0 Å². The SMILES string of the molecule is CC(C)(N)c1noc(CSCC2CCCO2)n1. The van der Waals surface area contributed by atoms with Crippen LogP contribution in [-0.4, -0.2) is 28.6 Å². The fourth-order valence-corrected chi connectivity index (χ4v) is 2.56. The van der Waals surface area contributed by atoms with Crippen LogP contribution in [0, 0.1) is 0 Å². The van der Waals surface area contributed by atoms with Crippen molar-refractivity contribution in [3.05, 3.63) is 11.7 Å². The minimum absolute atomic E-state index is 0.397. The van der Waals surface area contributed by atoms with Crippen LogP contribution >= 0.6 is 11.8 Å². The lowest BCUT2D eigenvalue weighted by Gasteiger charge is -2.11. The first-order chi connectivity index (χ1) is 8.05. The highest BCUT2D eigenvalue weighted by Gasteiger charge is 2.21. The Labute approximate surface area is 105 Å². The first-order valence-corrected chi connectivity index (χ1v) is 7.02. The minimum Gasteiger partial charge on any atom is -0.377 e. The first kappa shape index (κ1) is 12.9. The van der Waals surface area contributed by atoms with Gasteiger partial charge >= 0.3 is 0 Å². The van der Waals surface area contributed by atoms with E-state index in [1.807, 2.05) is 13.8 Å². The van der Waals surface area contributed by atoms with Crippen LogP contribution in [0.2, 0.25) is 0 Å². The van der Waals surface area contributed by atoms with Gasteiger partial charge in [0.15, 0.2) is 5.82 Å². The number of hydrogen-bond donors (Lipinski definition) is 1. The quantitative estimate of drug-likeness (QED) is 0.865. The van der Waals surface area contributed by atoms with Crippen molar-refractivity contribution in [2.24, 2.45) is 5.73 Å². The standard InChI is InChI=1S/C11H19N3O2S/c1-11(2,12)10-13-9(16-14-10)7-17-6-8-4-3-5-15-8/h8H,3-7,12H2,1-2H3. The Morgan fingerprint density at radius 3 is 2.94 bits per heavy atom. The van der Waals surface area contributed by atoms with Gasteiger partial charge in [0, 0.05) is 12.4 Å². The maximum absolute atomic E-state index is 5.89. The molecule has 1 aliphatic heterocycles. The molecule has 96 valence electrons. The van der Waals surface area contributed by atoms with Gasteiger partial charge in [-0.05, 0) is 26.7 Å². The van der Waals surface area contributed by atoms with Crippen LogP contribution in [0.5, 0.6) is 0 Å². The number of nitrogens with zero attached hydrogens (tertiary/aromatic N) is 2. The average Bonchev–Trinajstić information content (AvgIpc) is 2.86. The zero-order valence-electron chi connectivity index (χ0n) is 10.3. The average molecular weight is 257 g/mol. The molecular weight excluding hydrogens is 238 g/mol. The Bertz CT molecular complexity index is 356. The van der Waals surface area contributed by atoms with Gasteiger partial charge in [0.1, 0.15) is 0 Å². The summed E-state index contributed by atoms with van der Waals surface area (Å²) in [5, 5.41) is 3.88. The molecule has 1 atom stereocenters. The second kappa shape index (κ2) is 5.37. The third-order valence-electron chi connectivity index (χ3n) is 2.60. The van der Waals surface area contributed by atoms with Gasteiger partial charge in [-0.25, -0.2) is 0 Å². The van der Waals surface area contributed by atoms with E-state index >= 15 is 0 Å². The van der Waals surface area contributed by atoms with Gasteiger partial charge in [-0.15, -0.1) is 11.8 Å². The van der Waals surface area contributed by atoms with Crippen LogP contribution < -0.4 is 5.73 Å². The summed E-state index contributed by atoms with van der Waals surface area (Å²) in [5.74, 6) is 2.92. The zero-order chi connectivity index (χ0) is 12.3. The van der Waals surface area contributed by atoms with Crippen LogP contribution in [-0.2, 0) is 16.0 Å². The summed E-state index contributed by atoms with van der Waals surface area (Å²) in [6.07, 6.45) is 2.74. The van der Waals surface area contributed by atoms with Gasteiger partial charge in [-0.3, -0.25) is 0 Å². The summed E-state index contributed by atoms with van der Waals surface area (Å²) in [7, 11) is 0. The van der Waals surface area contributed by atoms with Crippen LogP contribution in [0.15, 0.2) is 4.52 Å². The van der Waals surface area contributed by atoms with Crippen molar-refractivity contribution in [2.75, 3.05) is 12.4 Å². The van der Waals surface area contributed by atoms with E-state index in [0.717, 1.165) is 24.5 Å². The number of aromatic nitrogens is 2. The van der Waals surface area contributed by atoms with Gasteiger partial charge in [0.2, 0.25) is 5.89 Å². The molecule has 0 bridgehead atoms. The van der Waals surface area contributed by atoms with Gasteiger partial charge in [0.05, 0.1) is 17.4 Å². The smallest absolute Gasteiger partial charge is 0.236 e. The van der Waals surface area contributed by atoms with Crippen molar-refractivity contribution < 1.29 is 9.26 Å². The van der Waals surface area contributed by atoms with Crippen LogP contribution in [0.1, 0.15) is 38.4 Å². The molecule has 1 aromatic heterocycles. The second-order valence-corrected chi connectivity index (χ2v) is 5.91. The molecule has 0 amide bonds. The fraction of sp³-hybridized carbons (Fsp3) is 0.818. The molecule has 1 unspecified atom stereocenters. The second-order valence-electron chi connectivity index (χ2n) is 4.88. The molecule has 17 heavy (non-hydrogen) atoms. The molecule has 0 aliphatic carbocycles. The molecule has 2 rings (SSSR count). The monoisotopic (exact) mass is 257 g/mol. The van der Waals surface area contributed by atoms with E-state index in [0.29, 0.717) is 17.8 Å². The number of thioether (sulfide) groups is 1. The van der Waals surface area contributed by atoms with Gasteiger partial charge in [0.25, 0.3) is 0 Å².